The lowest BCUT2D eigenvalue weighted by atomic mass is 9.94. The molecule has 1 N–H and O–H groups in total. The molecule has 0 fully saturated rings. The van der Waals surface area contributed by atoms with Gasteiger partial charge in [0.25, 0.3) is 0 Å². The van der Waals surface area contributed by atoms with Gasteiger partial charge in [-0.2, -0.15) is 5.26 Å². The van der Waals surface area contributed by atoms with Gasteiger partial charge in [-0.3, -0.25) is 4.79 Å². The highest BCUT2D eigenvalue weighted by Gasteiger charge is 2.27. The summed E-state index contributed by atoms with van der Waals surface area (Å²) in [6, 6.07) is 7.17. The molecule has 1 amide bonds. The number of benzene rings is 1. The minimum atomic E-state index is -1.06. The van der Waals surface area contributed by atoms with Gasteiger partial charge in [-0.25, -0.2) is 0 Å². The molecule has 0 spiro atoms. The summed E-state index contributed by atoms with van der Waals surface area (Å²) in [6.07, 6.45) is 0. The molecule has 5 heteroatoms. The molecule has 0 heterocycles. The first-order chi connectivity index (χ1) is 7.89. The SMILES string of the molecule is COc1cc(Br)cc(NC(=O)C(C)(C)C#N)c1. The van der Waals surface area contributed by atoms with Crippen LogP contribution in [0.1, 0.15) is 13.8 Å². The summed E-state index contributed by atoms with van der Waals surface area (Å²) in [6.45, 7) is 3.13. The Kier molecular flexibility index (Phi) is 4.13. The molecule has 0 radical (unpaired) electrons. The van der Waals surface area contributed by atoms with Crippen molar-refractivity contribution in [3.05, 3.63) is 22.7 Å². The fourth-order valence-corrected chi connectivity index (χ4v) is 1.56. The van der Waals surface area contributed by atoms with Gasteiger partial charge >= 0.3 is 0 Å². The lowest BCUT2D eigenvalue weighted by Gasteiger charge is -2.15. The maximum absolute atomic E-state index is 11.8. The molecular formula is C12H13BrN2O2. The first kappa shape index (κ1) is 13.5. The van der Waals surface area contributed by atoms with E-state index in [9.17, 15) is 4.79 Å². The third-order valence-electron chi connectivity index (χ3n) is 2.21. The van der Waals surface area contributed by atoms with Crippen molar-refractivity contribution in [3.63, 3.8) is 0 Å². The molecule has 90 valence electrons. The molecule has 0 aromatic heterocycles. The van der Waals surface area contributed by atoms with Gasteiger partial charge in [0.1, 0.15) is 11.2 Å². The van der Waals surface area contributed by atoms with E-state index in [1.165, 1.54) is 0 Å². The molecule has 0 aliphatic carbocycles. The Morgan fingerprint density at radius 1 is 1.47 bits per heavy atom. The quantitative estimate of drug-likeness (QED) is 0.933. The Morgan fingerprint density at radius 2 is 2.12 bits per heavy atom. The second kappa shape index (κ2) is 5.19. The van der Waals surface area contributed by atoms with Crippen LogP contribution in [0.25, 0.3) is 0 Å². The summed E-state index contributed by atoms with van der Waals surface area (Å²) in [4.78, 5) is 11.8. The molecule has 0 saturated carbocycles. The lowest BCUT2D eigenvalue weighted by molar-refractivity contribution is -0.121. The van der Waals surface area contributed by atoms with Gasteiger partial charge in [0.15, 0.2) is 0 Å². The first-order valence-electron chi connectivity index (χ1n) is 4.96. The van der Waals surface area contributed by atoms with Crippen molar-refractivity contribution in [2.75, 3.05) is 12.4 Å². The number of nitriles is 1. The molecule has 1 rings (SSSR count). The Hall–Kier alpha value is -1.54. The molecule has 0 unspecified atom stereocenters. The first-order valence-corrected chi connectivity index (χ1v) is 5.75. The van der Waals surface area contributed by atoms with Crippen molar-refractivity contribution >= 4 is 27.5 Å². The second-order valence-electron chi connectivity index (χ2n) is 4.07. The molecular weight excluding hydrogens is 284 g/mol. The summed E-state index contributed by atoms with van der Waals surface area (Å²) < 4.78 is 5.88. The highest BCUT2D eigenvalue weighted by Crippen LogP contribution is 2.26. The topological polar surface area (TPSA) is 62.1 Å². The zero-order chi connectivity index (χ0) is 13.1. The molecule has 1 aromatic rings. The number of methoxy groups -OCH3 is 1. The minimum absolute atomic E-state index is 0.347. The number of hydrogen-bond acceptors (Lipinski definition) is 3. The van der Waals surface area contributed by atoms with Gasteiger partial charge in [0.2, 0.25) is 5.91 Å². The maximum atomic E-state index is 11.8. The lowest BCUT2D eigenvalue weighted by Crippen LogP contribution is -2.29. The monoisotopic (exact) mass is 296 g/mol. The normalized spacial score (nSPS) is 10.5. The van der Waals surface area contributed by atoms with Gasteiger partial charge in [-0.15, -0.1) is 0 Å². The van der Waals surface area contributed by atoms with E-state index in [0.29, 0.717) is 11.4 Å². The van der Waals surface area contributed by atoms with Gasteiger partial charge in [0, 0.05) is 16.2 Å². The summed E-state index contributed by atoms with van der Waals surface area (Å²) in [5.74, 6) is 0.282. The van der Waals surface area contributed by atoms with Crippen molar-refractivity contribution in [1.82, 2.24) is 0 Å². The van der Waals surface area contributed by atoms with Crippen LogP contribution in [-0.2, 0) is 4.79 Å². The largest absolute Gasteiger partial charge is 0.497 e. The Morgan fingerprint density at radius 3 is 2.65 bits per heavy atom. The number of halogens is 1. The van der Waals surface area contributed by atoms with Crippen LogP contribution in [0, 0.1) is 16.7 Å². The standard InChI is InChI=1S/C12H13BrN2O2/c1-12(2,7-14)11(16)15-9-4-8(13)5-10(6-9)17-3/h4-6H,1-3H3,(H,15,16). The van der Waals surface area contributed by atoms with Crippen LogP contribution in [0.3, 0.4) is 0 Å². The molecule has 1 aromatic carbocycles. The highest BCUT2D eigenvalue weighted by molar-refractivity contribution is 9.10. The van der Waals surface area contributed by atoms with Crippen LogP contribution in [0.4, 0.5) is 5.69 Å². The van der Waals surface area contributed by atoms with Crippen LogP contribution in [0.5, 0.6) is 5.75 Å². The van der Waals surface area contributed by atoms with E-state index in [4.69, 9.17) is 10.00 Å². The van der Waals surface area contributed by atoms with Crippen LogP contribution in [0.2, 0.25) is 0 Å². The predicted molar refractivity (Wildman–Crippen MR) is 68.7 cm³/mol. The van der Waals surface area contributed by atoms with Crippen molar-refractivity contribution in [2.24, 2.45) is 5.41 Å². The zero-order valence-electron chi connectivity index (χ0n) is 9.87. The molecule has 0 aliphatic rings. The summed E-state index contributed by atoms with van der Waals surface area (Å²) in [5, 5.41) is 11.5. The molecule has 0 aliphatic heterocycles. The molecule has 4 nitrogen and oxygen atoms in total. The van der Waals surface area contributed by atoms with Crippen LogP contribution < -0.4 is 10.1 Å². The number of hydrogen-bond donors (Lipinski definition) is 1. The van der Waals surface area contributed by atoms with Crippen molar-refractivity contribution in [1.29, 1.82) is 5.26 Å². The molecule has 0 atom stereocenters. The third-order valence-corrected chi connectivity index (χ3v) is 2.67. The third kappa shape index (κ3) is 3.46. The van der Waals surface area contributed by atoms with Gasteiger partial charge < -0.3 is 10.1 Å². The smallest absolute Gasteiger partial charge is 0.244 e. The van der Waals surface area contributed by atoms with E-state index in [1.54, 1.807) is 39.2 Å². The van der Waals surface area contributed by atoms with E-state index in [-0.39, 0.29) is 5.91 Å². The van der Waals surface area contributed by atoms with Crippen molar-refractivity contribution < 1.29 is 9.53 Å². The minimum Gasteiger partial charge on any atom is -0.497 e. The number of carbonyl (C=O) groups is 1. The highest BCUT2D eigenvalue weighted by atomic mass is 79.9. The number of nitrogens with zero attached hydrogens (tertiary/aromatic N) is 1. The Labute approximate surface area is 109 Å². The number of carbonyl (C=O) groups excluding carboxylic acids is 1. The predicted octanol–water partition coefficient (Wildman–Crippen LogP) is 2.95. The van der Waals surface area contributed by atoms with E-state index in [0.717, 1.165) is 4.47 Å². The van der Waals surface area contributed by atoms with E-state index in [2.05, 4.69) is 21.2 Å². The number of amides is 1. The summed E-state index contributed by atoms with van der Waals surface area (Å²) in [5.41, 5.74) is -0.472. The fraction of sp³-hybridized carbons (Fsp3) is 0.333. The van der Waals surface area contributed by atoms with Gasteiger partial charge in [-0.1, -0.05) is 15.9 Å². The van der Waals surface area contributed by atoms with E-state index < -0.39 is 5.41 Å². The fourth-order valence-electron chi connectivity index (χ4n) is 1.09. The summed E-state index contributed by atoms with van der Waals surface area (Å²) in [7, 11) is 1.55. The number of nitrogens with one attached hydrogen (secondary N) is 1. The van der Waals surface area contributed by atoms with Crippen LogP contribution in [-0.4, -0.2) is 13.0 Å². The van der Waals surface area contributed by atoms with Crippen molar-refractivity contribution in [2.45, 2.75) is 13.8 Å². The Bertz CT molecular complexity index is 478. The Balaban J connectivity index is 2.93. The van der Waals surface area contributed by atoms with Gasteiger partial charge in [-0.05, 0) is 26.0 Å². The zero-order valence-corrected chi connectivity index (χ0v) is 11.5. The van der Waals surface area contributed by atoms with E-state index in [1.807, 2.05) is 6.07 Å². The molecule has 0 bridgehead atoms. The number of anilines is 1. The average Bonchev–Trinajstić information content (AvgIpc) is 2.28. The average molecular weight is 297 g/mol. The molecule has 0 saturated heterocycles. The number of ether oxygens (including phenoxy) is 1. The summed E-state index contributed by atoms with van der Waals surface area (Å²) >= 11 is 3.31. The van der Waals surface area contributed by atoms with Crippen molar-refractivity contribution in [3.8, 4) is 11.8 Å². The maximum Gasteiger partial charge on any atom is 0.244 e. The number of rotatable bonds is 3. The van der Waals surface area contributed by atoms with Crippen LogP contribution in [0.15, 0.2) is 22.7 Å². The second-order valence-corrected chi connectivity index (χ2v) is 4.99. The van der Waals surface area contributed by atoms with Crippen LogP contribution >= 0.6 is 15.9 Å². The molecule has 17 heavy (non-hydrogen) atoms. The van der Waals surface area contributed by atoms with Gasteiger partial charge in [0.05, 0.1) is 13.2 Å². The van der Waals surface area contributed by atoms with E-state index >= 15 is 0 Å².